The van der Waals surface area contributed by atoms with Crippen molar-refractivity contribution in [3.05, 3.63) is 90.0 Å². The molecular formula is C21H18O4. The molecule has 126 valence electrons. The summed E-state index contributed by atoms with van der Waals surface area (Å²) in [5.74, 6) is 1.45. The summed E-state index contributed by atoms with van der Waals surface area (Å²) >= 11 is 0. The van der Waals surface area contributed by atoms with Crippen molar-refractivity contribution in [2.45, 2.75) is 13.0 Å². The van der Waals surface area contributed by atoms with E-state index in [1.165, 1.54) is 0 Å². The van der Waals surface area contributed by atoms with E-state index in [0.717, 1.165) is 28.4 Å². The molecule has 3 aromatic rings. The number of ether oxygens (including phenoxy) is 2. The number of hydrogen-bond donors (Lipinski definition) is 1. The molecule has 3 aromatic carbocycles. The Morgan fingerprint density at radius 3 is 1.92 bits per heavy atom. The number of rotatable bonds is 7. The van der Waals surface area contributed by atoms with Crippen LogP contribution in [0.5, 0.6) is 17.2 Å². The van der Waals surface area contributed by atoms with Crippen molar-refractivity contribution in [2.24, 2.45) is 0 Å². The van der Waals surface area contributed by atoms with Crippen LogP contribution in [0, 0.1) is 0 Å². The van der Waals surface area contributed by atoms with Gasteiger partial charge in [0, 0.05) is 0 Å². The third-order valence-electron chi connectivity index (χ3n) is 3.59. The third-order valence-corrected chi connectivity index (χ3v) is 3.59. The molecule has 4 nitrogen and oxygen atoms in total. The average Bonchev–Trinajstić information content (AvgIpc) is 2.63. The fraction of sp³-hybridized carbons (Fsp3) is 0.0952. The molecule has 0 aliphatic heterocycles. The van der Waals surface area contributed by atoms with Gasteiger partial charge in [-0.3, -0.25) is 4.79 Å². The van der Waals surface area contributed by atoms with Crippen LogP contribution in [-0.2, 0) is 17.8 Å². The van der Waals surface area contributed by atoms with Gasteiger partial charge >= 0.3 is 5.97 Å². The number of hydrogen-bond acceptors (Lipinski definition) is 3. The van der Waals surface area contributed by atoms with Gasteiger partial charge in [-0.1, -0.05) is 42.5 Å². The predicted molar refractivity (Wildman–Crippen MR) is 95.1 cm³/mol. The van der Waals surface area contributed by atoms with Crippen LogP contribution in [0.15, 0.2) is 78.9 Å². The minimum absolute atomic E-state index is 0.0318. The Kier molecular flexibility index (Phi) is 5.32. The first-order valence-electron chi connectivity index (χ1n) is 7.94. The molecule has 0 saturated heterocycles. The van der Waals surface area contributed by atoms with Crippen molar-refractivity contribution < 1.29 is 19.4 Å². The molecule has 0 aliphatic carbocycles. The summed E-state index contributed by atoms with van der Waals surface area (Å²) < 4.78 is 11.5. The topological polar surface area (TPSA) is 55.8 Å². The van der Waals surface area contributed by atoms with Crippen LogP contribution in [0.3, 0.4) is 0 Å². The van der Waals surface area contributed by atoms with Crippen LogP contribution in [0.25, 0.3) is 0 Å². The van der Waals surface area contributed by atoms with E-state index in [4.69, 9.17) is 14.6 Å². The molecule has 0 atom stereocenters. The van der Waals surface area contributed by atoms with Gasteiger partial charge in [0.2, 0.25) is 0 Å². The summed E-state index contributed by atoms with van der Waals surface area (Å²) in [5.41, 5.74) is 1.76. The van der Waals surface area contributed by atoms with Crippen LogP contribution in [0.1, 0.15) is 11.1 Å². The summed E-state index contributed by atoms with van der Waals surface area (Å²) in [4.78, 5) is 10.7. The second-order valence-electron chi connectivity index (χ2n) is 5.56. The summed E-state index contributed by atoms with van der Waals surface area (Å²) in [6.45, 7) is 0.423. The lowest BCUT2D eigenvalue weighted by atomic mass is 10.1. The summed E-state index contributed by atoms with van der Waals surface area (Å²) in [7, 11) is 0. The molecule has 25 heavy (non-hydrogen) atoms. The second kappa shape index (κ2) is 8.02. The van der Waals surface area contributed by atoms with Gasteiger partial charge in [-0.25, -0.2) is 0 Å². The van der Waals surface area contributed by atoms with Gasteiger partial charge in [-0.05, 0) is 47.5 Å². The lowest BCUT2D eigenvalue weighted by Gasteiger charge is -2.09. The zero-order chi connectivity index (χ0) is 17.5. The highest BCUT2D eigenvalue weighted by Crippen LogP contribution is 2.24. The van der Waals surface area contributed by atoms with Crippen LogP contribution in [-0.4, -0.2) is 11.1 Å². The van der Waals surface area contributed by atoms with Gasteiger partial charge in [0.1, 0.15) is 23.9 Å². The maximum atomic E-state index is 10.7. The third kappa shape index (κ3) is 5.11. The van der Waals surface area contributed by atoms with E-state index in [-0.39, 0.29) is 6.42 Å². The number of aliphatic carboxylic acids is 1. The molecule has 4 heteroatoms. The zero-order valence-electron chi connectivity index (χ0n) is 13.6. The molecule has 1 N–H and O–H groups in total. The van der Waals surface area contributed by atoms with E-state index in [0.29, 0.717) is 6.61 Å². The number of para-hydroxylation sites is 1. The fourth-order valence-corrected chi connectivity index (χ4v) is 2.32. The van der Waals surface area contributed by atoms with Gasteiger partial charge < -0.3 is 14.6 Å². The van der Waals surface area contributed by atoms with E-state index in [1.54, 1.807) is 0 Å². The molecular weight excluding hydrogens is 316 g/mol. The van der Waals surface area contributed by atoms with Gasteiger partial charge in [0.25, 0.3) is 0 Å². The van der Waals surface area contributed by atoms with Gasteiger partial charge in [0.15, 0.2) is 0 Å². The Hall–Kier alpha value is -3.27. The molecule has 0 aliphatic rings. The molecule has 0 amide bonds. The molecule has 0 spiro atoms. The Balaban J connectivity index is 1.54. The van der Waals surface area contributed by atoms with E-state index < -0.39 is 5.97 Å². The molecule has 0 unspecified atom stereocenters. The van der Waals surface area contributed by atoms with Crippen molar-refractivity contribution in [1.82, 2.24) is 0 Å². The van der Waals surface area contributed by atoms with E-state index in [9.17, 15) is 4.79 Å². The van der Waals surface area contributed by atoms with Crippen molar-refractivity contribution in [3.63, 3.8) is 0 Å². The minimum Gasteiger partial charge on any atom is -0.489 e. The van der Waals surface area contributed by atoms with Crippen molar-refractivity contribution in [2.75, 3.05) is 0 Å². The van der Waals surface area contributed by atoms with Crippen LogP contribution >= 0.6 is 0 Å². The second-order valence-corrected chi connectivity index (χ2v) is 5.56. The maximum absolute atomic E-state index is 10.7. The van der Waals surface area contributed by atoms with Crippen molar-refractivity contribution in [3.8, 4) is 17.2 Å². The molecule has 3 rings (SSSR count). The highest BCUT2D eigenvalue weighted by atomic mass is 16.5. The van der Waals surface area contributed by atoms with Crippen LogP contribution in [0.4, 0.5) is 0 Å². The molecule has 0 bridgehead atoms. The highest BCUT2D eigenvalue weighted by molar-refractivity contribution is 5.70. The summed E-state index contributed by atoms with van der Waals surface area (Å²) in [6, 6.07) is 24.4. The zero-order valence-corrected chi connectivity index (χ0v) is 13.6. The summed E-state index contributed by atoms with van der Waals surface area (Å²) in [6.07, 6.45) is 0.0318. The molecule has 0 aromatic heterocycles. The average molecular weight is 334 g/mol. The molecule has 0 heterocycles. The van der Waals surface area contributed by atoms with Gasteiger partial charge in [-0.2, -0.15) is 0 Å². The van der Waals surface area contributed by atoms with Crippen molar-refractivity contribution >= 4 is 5.97 Å². The van der Waals surface area contributed by atoms with Crippen LogP contribution < -0.4 is 9.47 Å². The Morgan fingerprint density at radius 1 is 0.720 bits per heavy atom. The standard InChI is InChI=1S/C21H18O4/c22-21(23)14-16-6-8-17(9-7-16)15-24-18-10-12-20(13-11-18)25-19-4-2-1-3-5-19/h1-13H,14-15H2,(H,22,23). The fourth-order valence-electron chi connectivity index (χ4n) is 2.32. The number of carboxylic acid groups (broad SMARTS) is 1. The lowest BCUT2D eigenvalue weighted by molar-refractivity contribution is -0.136. The molecule has 0 fully saturated rings. The smallest absolute Gasteiger partial charge is 0.307 e. The minimum atomic E-state index is -0.832. The quantitative estimate of drug-likeness (QED) is 0.681. The monoisotopic (exact) mass is 334 g/mol. The Morgan fingerprint density at radius 2 is 1.28 bits per heavy atom. The first-order chi connectivity index (χ1) is 12.2. The first-order valence-corrected chi connectivity index (χ1v) is 7.94. The normalized spacial score (nSPS) is 10.2. The number of benzene rings is 3. The largest absolute Gasteiger partial charge is 0.489 e. The summed E-state index contributed by atoms with van der Waals surface area (Å²) in [5, 5.41) is 8.77. The predicted octanol–water partition coefficient (Wildman–Crippen LogP) is 4.69. The van der Waals surface area contributed by atoms with Crippen LogP contribution in [0.2, 0.25) is 0 Å². The maximum Gasteiger partial charge on any atom is 0.307 e. The van der Waals surface area contributed by atoms with Gasteiger partial charge in [0.05, 0.1) is 6.42 Å². The van der Waals surface area contributed by atoms with E-state index in [2.05, 4.69) is 0 Å². The van der Waals surface area contributed by atoms with Gasteiger partial charge in [-0.15, -0.1) is 0 Å². The number of carboxylic acids is 1. The SMILES string of the molecule is O=C(O)Cc1ccc(COc2ccc(Oc3ccccc3)cc2)cc1. The van der Waals surface area contributed by atoms with E-state index >= 15 is 0 Å². The molecule has 0 saturated carbocycles. The first kappa shape index (κ1) is 16.6. The lowest BCUT2D eigenvalue weighted by Crippen LogP contribution is -2.00. The highest BCUT2D eigenvalue weighted by Gasteiger charge is 2.02. The molecule has 0 radical (unpaired) electrons. The van der Waals surface area contributed by atoms with Crippen molar-refractivity contribution in [1.29, 1.82) is 0 Å². The van der Waals surface area contributed by atoms with E-state index in [1.807, 2.05) is 78.9 Å². The Labute approximate surface area is 146 Å². The Bertz CT molecular complexity index is 809. The number of carbonyl (C=O) groups is 1.